The first kappa shape index (κ1) is 16.3. The number of aliphatic carboxylic acids is 1. The molecule has 20 heavy (non-hydrogen) atoms. The van der Waals surface area contributed by atoms with Crippen molar-refractivity contribution in [2.45, 2.75) is 45.2 Å². The van der Waals surface area contributed by atoms with Crippen LogP contribution in [0.1, 0.15) is 33.1 Å². The first-order chi connectivity index (χ1) is 9.36. The highest BCUT2D eigenvalue weighted by molar-refractivity contribution is 5.82. The Hall–Kier alpha value is -1.79. The van der Waals surface area contributed by atoms with Crippen LogP contribution in [0.25, 0.3) is 0 Å². The number of ether oxygens (including phenoxy) is 1. The van der Waals surface area contributed by atoms with Crippen molar-refractivity contribution in [2.75, 3.05) is 20.2 Å². The van der Waals surface area contributed by atoms with Crippen LogP contribution in [0.2, 0.25) is 0 Å². The maximum absolute atomic E-state index is 12.5. The lowest BCUT2D eigenvalue weighted by Gasteiger charge is -2.33. The lowest BCUT2D eigenvalue weighted by molar-refractivity contribution is -0.142. The molecule has 0 aromatic carbocycles. The summed E-state index contributed by atoms with van der Waals surface area (Å²) in [6.07, 6.45) is 1.41. The smallest absolute Gasteiger partial charge is 0.325 e. The van der Waals surface area contributed by atoms with Crippen LogP contribution in [0.3, 0.4) is 0 Å². The van der Waals surface area contributed by atoms with E-state index in [0.29, 0.717) is 13.0 Å². The molecule has 1 rings (SSSR count). The number of likely N-dealkylation sites (tertiary alicyclic amines) is 1. The number of rotatable bonds is 5. The van der Waals surface area contributed by atoms with Gasteiger partial charge in [-0.1, -0.05) is 0 Å². The van der Waals surface area contributed by atoms with Crippen molar-refractivity contribution in [1.29, 1.82) is 0 Å². The second kappa shape index (κ2) is 7.12. The molecule has 1 N–H and O–H groups in total. The van der Waals surface area contributed by atoms with Crippen molar-refractivity contribution in [1.82, 2.24) is 9.80 Å². The number of carboxylic acid groups (broad SMARTS) is 1. The summed E-state index contributed by atoms with van der Waals surface area (Å²) in [6, 6.07) is -0.749. The third kappa shape index (κ3) is 4.11. The van der Waals surface area contributed by atoms with Gasteiger partial charge in [0.2, 0.25) is 0 Å². The zero-order valence-electron chi connectivity index (χ0n) is 12.2. The number of hydrogen-bond acceptors (Lipinski definition) is 4. The molecule has 7 heteroatoms. The average Bonchev–Trinajstić information content (AvgIpc) is 2.81. The van der Waals surface area contributed by atoms with Crippen molar-refractivity contribution in [3.05, 3.63) is 0 Å². The van der Waals surface area contributed by atoms with Gasteiger partial charge in [-0.15, -0.1) is 0 Å². The quantitative estimate of drug-likeness (QED) is 0.760. The van der Waals surface area contributed by atoms with E-state index in [9.17, 15) is 14.4 Å². The van der Waals surface area contributed by atoms with Gasteiger partial charge in [0.05, 0.1) is 13.5 Å². The molecule has 114 valence electrons. The Bertz CT molecular complexity index is 383. The second-order valence-corrected chi connectivity index (χ2v) is 5.17. The molecule has 2 amide bonds. The molecular formula is C13H22N2O5. The van der Waals surface area contributed by atoms with Crippen molar-refractivity contribution >= 4 is 18.0 Å². The molecule has 1 heterocycles. The molecule has 0 spiro atoms. The SMILES string of the molecule is COC(=O)CN(C(=O)N1CCCC1CC(=O)O)C(C)C. The average molecular weight is 286 g/mol. The summed E-state index contributed by atoms with van der Waals surface area (Å²) in [5, 5.41) is 8.88. The lowest BCUT2D eigenvalue weighted by atomic mass is 10.1. The van der Waals surface area contributed by atoms with Crippen molar-refractivity contribution < 1.29 is 24.2 Å². The number of carbonyl (C=O) groups is 3. The van der Waals surface area contributed by atoms with E-state index in [1.807, 2.05) is 13.8 Å². The molecule has 0 radical (unpaired) electrons. The predicted molar refractivity (Wildman–Crippen MR) is 71.2 cm³/mol. The Morgan fingerprint density at radius 2 is 2.05 bits per heavy atom. The number of esters is 1. The van der Waals surface area contributed by atoms with E-state index in [0.717, 1.165) is 6.42 Å². The Labute approximate surface area is 118 Å². The van der Waals surface area contributed by atoms with Crippen LogP contribution in [-0.4, -0.2) is 65.2 Å². The highest BCUT2D eigenvalue weighted by Gasteiger charge is 2.34. The highest BCUT2D eigenvalue weighted by atomic mass is 16.5. The molecule has 1 fully saturated rings. The summed E-state index contributed by atoms with van der Waals surface area (Å²) in [6.45, 7) is 4.02. The fourth-order valence-electron chi connectivity index (χ4n) is 2.34. The number of carbonyl (C=O) groups excluding carboxylic acids is 2. The number of urea groups is 1. The number of amides is 2. The molecule has 0 aromatic rings. The monoisotopic (exact) mass is 286 g/mol. The molecule has 1 aliphatic rings. The molecule has 1 saturated heterocycles. The van der Waals surface area contributed by atoms with Gasteiger partial charge in [0.15, 0.2) is 0 Å². The van der Waals surface area contributed by atoms with Crippen LogP contribution in [0.5, 0.6) is 0 Å². The van der Waals surface area contributed by atoms with Gasteiger partial charge in [-0.3, -0.25) is 9.59 Å². The molecule has 1 atom stereocenters. The Morgan fingerprint density at radius 3 is 2.55 bits per heavy atom. The fourth-order valence-corrected chi connectivity index (χ4v) is 2.34. The predicted octanol–water partition coefficient (Wildman–Crippen LogP) is 0.929. The van der Waals surface area contributed by atoms with Gasteiger partial charge >= 0.3 is 18.0 Å². The van der Waals surface area contributed by atoms with Crippen LogP contribution in [-0.2, 0) is 14.3 Å². The van der Waals surface area contributed by atoms with Gasteiger partial charge in [-0.05, 0) is 26.7 Å². The summed E-state index contributed by atoms with van der Waals surface area (Å²) in [4.78, 5) is 37.6. The number of methoxy groups -OCH3 is 1. The van der Waals surface area contributed by atoms with E-state index in [1.165, 1.54) is 12.0 Å². The summed E-state index contributed by atoms with van der Waals surface area (Å²) in [5.74, 6) is -1.40. The van der Waals surface area contributed by atoms with Gasteiger partial charge in [0.1, 0.15) is 6.54 Å². The standard InChI is InChI=1S/C13H22N2O5/c1-9(2)15(8-12(18)20-3)13(19)14-6-4-5-10(14)7-11(16)17/h9-10H,4-8H2,1-3H3,(H,16,17). The summed E-state index contributed by atoms with van der Waals surface area (Å²) in [7, 11) is 1.27. The van der Waals surface area contributed by atoms with Crippen LogP contribution >= 0.6 is 0 Å². The van der Waals surface area contributed by atoms with Gasteiger partial charge in [0, 0.05) is 18.6 Å². The fraction of sp³-hybridized carbons (Fsp3) is 0.769. The van der Waals surface area contributed by atoms with E-state index in [-0.39, 0.29) is 31.1 Å². The normalized spacial score (nSPS) is 18.2. The Kier molecular flexibility index (Phi) is 5.79. The Morgan fingerprint density at radius 1 is 1.40 bits per heavy atom. The van der Waals surface area contributed by atoms with Crippen molar-refractivity contribution in [3.63, 3.8) is 0 Å². The molecule has 1 unspecified atom stereocenters. The first-order valence-electron chi connectivity index (χ1n) is 6.72. The molecular weight excluding hydrogens is 264 g/mol. The molecule has 0 aromatic heterocycles. The van der Waals surface area contributed by atoms with Crippen LogP contribution in [0.4, 0.5) is 4.79 Å². The minimum Gasteiger partial charge on any atom is -0.481 e. The van der Waals surface area contributed by atoms with Crippen LogP contribution in [0, 0.1) is 0 Å². The molecule has 7 nitrogen and oxygen atoms in total. The van der Waals surface area contributed by atoms with Gasteiger partial charge < -0.3 is 19.6 Å². The molecule has 0 aliphatic carbocycles. The van der Waals surface area contributed by atoms with E-state index in [2.05, 4.69) is 4.74 Å². The van der Waals surface area contributed by atoms with Crippen LogP contribution in [0.15, 0.2) is 0 Å². The third-order valence-electron chi connectivity index (χ3n) is 3.43. The third-order valence-corrected chi connectivity index (χ3v) is 3.43. The summed E-state index contributed by atoms with van der Waals surface area (Å²) in [5.41, 5.74) is 0. The van der Waals surface area contributed by atoms with E-state index >= 15 is 0 Å². The highest BCUT2D eigenvalue weighted by Crippen LogP contribution is 2.22. The summed E-state index contributed by atoms with van der Waals surface area (Å²) >= 11 is 0. The maximum Gasteiger partial charge on any atom is 0.325 e. The van der Waals surface area contributed by atoms with E-state index in [4.69, 9.17) is 5.11 Å². The number of carboxylic acids is 1. The maximum atomic E-state index is 12.5. The molecule has 0 bridgehead atoms. The van der Waals surface area contributed by atoms with Gasteiger partial charge in [-0.2, -0.15) is 0 Å². The zero-order chi connectivity index (χ0) is 15.3. The van der Waals surface area contributed by atoms with E-state index < -0.39 is 11.9 Å². The first-order valence-corrected chi connectivity index (χ1v) is 6.72. The largest absolute Gasteiger partial charge is 0.481 e. The zero-order valence-corrected chi connectivity index (χ0v) is 12.2. The second-order valence-electron chi connectivity index (χ2n) is 5.17. The summed E-state index contributed by atoms with van der Waals surface area (Å²) < 4.78 is 4.59. The molecule has 0 saturated carbocycles. The van der Waals surface area contributed by atoms with Crippen molar-refractivity contribution in [3.8, 4) is 0 Å². The molecule has 1 aliphatic heterocycles. The van der Waals surface area contributed by atoms with Gasteiger partial charge in [0.25, 0.3) is 0 Å². The Balaban J connectivity index is 2.77. The van der Waals surface area contributed by atoms with Gasteiger partial charge in [-0.25, -0.2) is 4.79 Å². The lowest BCUT2D eigenvalue weighted by Crippen LogP contribution is -2.50. The van der Waals surface area contributed by atoms with Crippen molar-refractivity contribution in [2.24, 2.45) is 0 Å². The van der Waals surface area contributed by atoms with E-state index in [1.54, 1.807) is 4.90 Å². The number of nitrogens with zero attached hydrogens (tertiary/aromatic N) is 2. The van der Waals surface area contributed by atoms with Crippen LogP contribution < -0.4 is 0 Å². The topological polar surface area (TPSA) is 87.2 Å². The number of hydrogen-bond donors (Lipinski definition) is 1. The minimum atomic E-state index is -0.918. The minimum absolute atomic E-state index is 0.0596.